The average molecular weight is 268 g/mol. The Balaban J connectivity index is 0. The zero-order chi connectivity index (χ0) is 15.6. The number of allylic oxidation sites excluding steroid dienone is 2. The molecule has 0 bridgehead atoms. The van der Waals surface area contributed by atoms with E-state index in [2.05, 4.69) is 6.58 Å². The normalized spacial score (nSPS) is 11.1. The number of primary amides is 2. The second-order valence-corrected chi connectivity index (χ2v) is 3.82. The van der Waals surface area contributed by atoms with Gasteiger partial charge >= 0.3 is 5.97 Å². The summed E-state index contributed by atoms with van der Waals surface area (Å²) < 4.78 is 0. The van der Waals surface area contributed by atoms with Crippen molar-refractivity contribution in [3.05, 3.63) is 35.5 Å². The van der Waals surface area contributed by atoms with E-state index in [0.717, 1.165) is 0 Å². The molecule has 0 heterocycles. The Morgan fingerprint density at radius 3 is 1.42 bits per heavy atom. The average Bonchev–Trinajstić information content (AvgIpc) is 2.28. The van der Waals surface area contributed by atoms with E-state index in [0.29, 0.717) is 17.6 Å². The zero-order valence-electron chi connectivity index (χ0n) is 11.4. The van der Waals surface area contributed by atoms with Crippen LogP contribution in [0.1, 0.15) is 27.2 Å². The van der Waals surface area contributed by atoms with Crippen LogP contribution >= 0.6 is 0 Å². The lowest BCUT2D eigenvalue weighted by Gasteiger charge is -1.93. The van der Waals surface area contributed by atoms with Crippen LogP contribution in [0, 0.1) is 0 Å². The fourth-order valence-electron chi connectivity index (χ4n) is 0.614. The van der Waals surface area contributed by atoms with Gasteiger partial charge in [-0.05, 0) is 27.2 Å². The molecule has 0 aliphatic carbocycles. The van der Waals surface area contributed by atoms with Crippen molar-refractivity contribution in [3.63, 3.8) is 0 Å². The number of carboxylic acid groups (broad SMARTS) is 1. The molecule has 0 aliphatic rings. The van der Waals surface area contributed by atoms with E-state index in [-0.39, 0.29) is 5.57 Å². The number of carbonyl (C=O) groups excluding carboxylic acids is 2. The smallest absolute Gasteiger partial charge is 0.330 e. The van der Waals surface area contributed by atoms with Gasteiger partial charge in [0, 0.05) is 16.7 Å². The Morgan fingerprint density at radius 2 is 1.26 bits per heavy atom. The highest BCUT2D eigenvalue weighted by Gasteiger charge is 1.96. The van der Waals surface area contributed by atoms with Crippen LogP contribution in [-0.4, -0.2) is 22.9 Å². The lowest BCUT2D eigenvalue weighted by molar-refractivity contribution is -0.132. The molecule has 0 radical (unpaired) electrons. The molecule has 0 atom stereocenters. The van der Waals surface area contributed by atoms with Crippen molar-refractivity contribution in [1.82, 2.24) is 0 Å². The summed E-state index contributed by atoms with van der Waals surface area (Å²) in [4.78, 5) is 30.7. The molecule has 0 saturated heterocycles. The molecular formula is C13H20N2O4. The summed E-state index contributed by atoms with van der Waals surface area (Å²) >= 11 is 0. The van der Waals surface area contributed by atoms with Crippen molar-refractivity contribution in [2.24, 2.45) is 11.5 Å². The quantitative estimate of drug-likeness (QED) is 0.640. The van der Waals surface area contributed by atoms with E-state index in [1.165, 1.54) is 6.92 Å². The fraction of sp³-hybridized carbons (Fsp3) is 0.308. The van der Waals surface area contributed by atoms with Gasteiger partial charge in [-0.3, -0.25) is 9.59 Å². The standard InChI is InChI=1S/C9H14N2O2.C4H6O2/c1-6(8(10)12)4-3-5-7(2)9(11)13;1-3(2)4(5)6/h4-5H,3H2,1-2H3,(H2,10,12)(H2,11,13);1H2,2H3,(H,5,6). The van der Waals surface area contributed by atoms with Crippen molar-refractivity contribution < 1.29 is 19.5 Å². The highest BCUT2D eigenvalue weighted by Crippen LogP contribution is 1.98. The van der Waals surface area contributed by atoms with Crippen molar-refractivity contribution >= 4 is 17.8 Å². The lowest BCUT2D eigenvalue weighted by atomic mass is 10.2. The van der Waals surface area contributed by atoms with E-state index in [1.54, 1.807) is 26.0 Å². The van der Waals surface area contributed by atoms with Gasteiger partial charge in [0.25, 0.3) is 0 Å². The second-order valence-electron chi connectivity index (χ2n) is 3.82. The first-order valence-electron chi connectivity index (χ1n) is 5.41. The molecule has 0 aromatic rings. The molecule has 0 saturated carbocycles. The Morgan fingerprint density at radius 1 is 1.00 bits per heavy atom. The number of aliphatic carboxylic acids is 1. The molecule has 0 spiro atoms. The van der Waals surface area contributed by atoms with E-state index < -0.39 is 17.8 Å². The minimum Gasteiger partial charge on any atom is -0.478 e. The van der Waals surface area contributed by atoms with Crippen LogP contribution in [0.2, 0.25) is 0 Å². The van der Waals surface area contributed by atoms with E-state index in [9.17, 15) is 14.4 Å². The number of hydrogen-bond donors (Lipinski definition) is 3. The molecule has 0 aromatic heterocycles. The SMILES string of the molecule is C=C(C)C(=O)O.CC(=CCC=C(C)C(N)=O)C(N)=O. The van der Waals surface area contributed by atoms with Gasteiger partial charge in [0.15, 0.2) is 0 Å². The molecule has 6 nitrogen and oxygen atoms in total. The molecule has 0 aliphatic heterocycles. The summed E-state index contributed by atoms with van der Waals surface area (Å²) in [5.74, 6) is -1.84. The number of nitrogens with two attached hydrogens (primary N) is 2. The zero-order valence-corrected chi connectivity index (χ0v) is 11.4. The third-order valence-electron chi connectivity index (χ3n) is 1.99. The number of carboxylic acids is 1. The maximum Gasteiger partial charge on any atom is 0.330 e. The lowest BCUT2D eigenvalue weighted by Crippen LogP contribution is -2.12. The van der Waals surface area contributed by atoms with Crippen molar-refractivity contribution in [2.45, 2.75) is 27.2 Å². The van der Waals surface area contributed by atoms with E-state index >= 15 is 0 Å². The number of rotatable bonds is 5. The molecular weight excluding hydrogens is 248 g/mol. The summed E-state index contributed by atoms with van der Waals surface area (Å²) in [6, 6.07) is 0. The molecule has 5 N–H and O–H groups in total. The largest absolute Gasteiger partial charge is 0.478 e. The van der Waals surface area contributed by atoms with Crippen LogP contribution in [0.25, 0.3) is 0 Å². The summed E-state index contributed by atoms with van der Waals surface area (Å²) in [5.41, 5.74) is 11.1. The van der Waals surface area contributed by atoms with Crippen molar-refractivity contribution in [3.8, 4) is 0 Å². The van der Waals surface area contributed by atoms with Crippen LogP contribution < -0.4 is 11.5 Å². The van der Waals surface area contributed by atoms with Crippen LogP contribution in [0.5, 0.6) is 0 Å². The van der Waals surface area contributed by atoms with E-state index in [4.69, 9.17) is 16.6 Å². The maximum atomic E-state index is 10.6. The molecule has 0 rings (SSSR count). The molecule has 2 amide bonds. The van der Waals surface area contributed by atoms with E-state index in [1.807, 2.05) is 0 Å². The van der Waals surface area contributed by atoms with Gasteiger partial charge in [-0.2, -0.15) is 0 Å². The third kappa shape index (κ3) is 11.9. The molecule has 0 unspecified atom stereocenters. The number of carbonyl (C=O) groups is 3. The van der Waals surface area contributed by atoms with Gasteiger partial charge in [-0.15, -0.1) is 0 Å². The topological polar surface area (TPSA) is 123 Å². The highest BCUT2D eigenvalue weighted by atomic mass is 16.4. The van der Waals surface area contributed by atoms with Gasteiger partial charge < -0.3 is 16.6 Å². The third-order valence-corrected chi connectivity index (χ3v) is 1.99. The van der Waals surface area contributed by atoms with Crippen LogP contribution in [0.3, 0.4) is 0 Å². The summed E-state index contributed by atoms with van der Waals surface area (Å²) in [6.45, 7) is 7.84. The number of amides is 2. The minimum atomic E-state index is -0.935. The van der Waals surface area contributed by atoms with Gasteiger partial charge in [0.05, 0.1) is 0 Å². The highest BCUT2D eigenvalue weighted by molar-refractivity contribution is 5.92. The fourth-order valence-corrected chi connectivity index (χ4v) is 0.614. The predicted molar refractivity (Wildman–Crippen MR) is 73.0 cm³/mol. The van der Waals surface area contributed by atoms with Crippen LogP contribution in [-0.2, 0) is 14.4 Å². The van der Waals surface area contributed by atoms with Crippen molar-refractivity contribution in [2.75, 3.05) is 0 Å². The molecule has 0 fully saturated rings. The number of hydrogen-bond acceptors (Lipinski definition) is 3. The Labute approximate surface area is 112 Å². The summed E-state index contributed by atoms with van der Waals surface area (Å²) in [6.07, 6.45) is 3.78. The van der Waals surface area contributed by atoms with Gasteiger partial charge in [0.2, 0.25) is 11.8 Å². The van der Waals surface area contributed by atoms with Crippen LogP contribution in [0.15, 0.2) is 35.5 Å². The first-order valence-corrected chi connectivity index (χ1v) is 5.41. The first-order chi connectivity index (χ1) is 8.59. The molecule has 6 heteroatoms. The van der Waals surface area contributed by atoms with Crippen LogP contribution in [0.4, 0.5) is 0 Å². The Bertz CT molecular complexity index is 394. The molecule has 19 heavy (non-hydrogen) atoms. The molecule has 106 valence electrons. The Kier molecular flexibility index (Phi) is 9.63. The van der Waals surface area contributed by atoms with Crippen molar-refractivity contribution in [1.29, 1.82) is 0 Å². The first kappa shape index (κ1) is 19.0. The monoisotopic (exact) mass is 268 g/mol. The minimum absolute atomic E-state index is 0.176. The predicted octanol–water partition coefficient (Wildman–Crippen LogP) is 0.887. The maximum absolute atomic E-state index is 10.6. The van der Waals surface area contributed by atoms with Gasteiger partial charge in [-0.25, -0.2) is 4.79 Å². The Hall–Kier alpha value is -2.37. The van der Waals surface area contributed by atoms with Gasteiger partial charge in [0.1, 0.15) is 0 Å². The summed E-state index contributed by atoms with van der Waals surface area (Å²) in [5, 5.41) is 7.89. The van der Waals surface area contributed by atoms with Gasteiger partial charge in [-0.1, -0.05) is 18.7 Å². The second kappa shape index (κ2) is 9.64. The summed E-state index contributed by atoms with van der Waals surface area (Å²) in [7, 11) is 0. The molecule has 0 aromatic carbocycles.